The fourth-order valence-electron chi connectivity index (χ4n) is 3.47. The van der Waals surface area contributed by atoms with Crippen LogP contribution in [-0.2, 0) is 14.4 Å². The summed E-state index contributed by atoms with van der Waals surface area (Å²) in [5, 5.41) is 23.6. The molecule has 2 amide bonds. The quantitative estimate of drug-likeness (QED) is 0.302. The number of hydrogen-bond donors (Lipinski definition) is 4. The van der Waals surface area contributed by atoms with E-state index in [0.29, 0.717) is 18.5 Å². The molecule has 178 valence electrons. The van der Waals surface area contributed by atoms with Crippen LogP contribution in [0.3, 0.4) is 0 Å². The van der Waals surface area contributed by atoms with Crippen LogP contribution in [0.25, 0.3) is 0 Å². The molecule has 1 aliphatic carbocycles. The van der Waals surface area contributed by atoms with Gasteiger partial charge in [-0.15, -0.1) is 11.8 Å². The van der Waals surface area contributed by atoms with Crippen molar-refractivity contribution < 1.29 is 29.4 Å². The maximum absolute atomic E-state index is 12.6. The Morgan fingerprint density at radius 3 is 2.24 bits per heavy atom. The second-order valence-electron chi connectivity index (χ2n) is 7.76. The highest BCUT2D eigenvalue weighted by Gasteiger charge is 2.33. The van der Waals surface area contributed by atoms with Crippen LogP contribution in [0.5, 0.6) is 0 Å². The van der Waals surface area contributed by atoms with Crippen LogP contribution in [0.1, 0.15) is 30.1 Å². The van der Waals surface area contributed by atoms with Gasteiger partial charge in [-0.2, -0.15) is 0 Å². The molecule has 34 heavy (non-hydrogen) atoms. The lowest BCUT2D eigenvalue weighted by Gasteiger charge is -2.24. The van der Waals surface area contributed by atoms with Gasteiger partial charge in [-0.25, -0.2) is 4.79 Å². The second-order valence-corrected chi connectivity index (χ2v) is 9.58. The molecule has 0 aliphatic heterocycles. The van der Waals surface area contributed by atoms with Crippen LogP contribution in [0.15, 0.2) is 59.5 Å². The van der Waals surface area contributed by atoms with Gasteiger partial charge in [0.25, 0.3) is 0 Å². The van der Waals surface area contributed by atoms with Gasteiger partial charge in [-0.05, 0) is 62.2 Å². The van der Waals surface area contributed by atoms with Gasteiger partial charge in [0.15, 0.2) is 0 Å². The van der Waals surface area contributed by atoms with E-state index in [1.807, 2.05) is 6.08 Å². The fourth-order valence-corrected chi connectivity index (χ4v) is 4.51. The minimum Gasteiger partial charge on any atom is -0.481 e. The topological polar surface area (TPSA) is 133 Å². The average molecular weight is 503 g/mol. The van der Waals surface area contributed by atoms with E-state index >= 15 is 0 Å². The lowest BCUT2D eigenvalue weighted by atomic mass is 9.82. The van der Waals surface area contributed by atoms with Crippen molar-refractivity contribution in [2.24, 2.45) is 11.8 Å². The van der Waals surface area contributed by atoms with Crippen molar-refractivity contribution in [2.45, 2.75) is 29.9 Å². The van der Waals surface area contributed by atoms with Crippen LogP contribution in [0.2, 0.25) is 5.02 Å². The summed E-state index contributed by atoms with van der Waals surface area (Å²) < 4.78 is 0. The smallest absolute Gasteiger partial charge is 0.335 e. The Morgan fingerprint density at radius 1 is 0.971 bits per heavy atom. The molecule has 3 unspecified atom stereocenters. The maximum Gasteiger partial charge on any atom is 0.335 e. The van der Waals surface area contributed by atoms with E-state index in [1.54, 1.807) is 37.3 Å². The third kappa shape index (κ3) is 6.39. The number of carbonyl (C=O) groups excluding carboxylic acids is 2. The summed E-state index contributed by atoms with van der Waals surface area (Å²) in [5.41, 5.74) is 0.758. The number of amides is 2. The van der Waals surface area contributed by atoms with Crippen molar-refractivity contribution in [3.63, 3.8) is 0 Å². The van der Waals surface area contributed by atoms with E-state index in [1.165, 1.54) is 30.0 Å². The molecule has 0 aromatic heterocycles. The van der Waals surface area contributed by atoms with Gasteiger partial charge >= 0.3 is 11.9 Å². The summed E-state index contributed by atoms with van der Waals surface area (Å²) in [4.78, 5) is 48.5. The third-order valence-corrected chi connectivity index (χ3v) is 6.80. The predicted molar refractivity (Wildman–Crippen MR) is 130 cm³/mol. The number of carbonyl (C=O) groups is 4. The van der Waals surface area contributed by atoms with Gasteiger partial charge < -0.3 is 20.8 Å². The Balaban J connectivity index is 1.59. The van der Waals surface area contributed by atoms with Crippen molar-refractivity contribution in [2.75, 3.05) is 10.6 Å². The van der Waals surface area contributed by atoms with E-state index in [4.69, 9.17) is 16.7 Å². The number of aliphatic carboxylic acids is 1. The van der Waals surface area contributed by atoms with E-state index in [9.17, 15) is 24.3 Å². The molecule has 1 aliphatic rings. The van der Waals surface area contributed by atoms with Crippen LogP contribution in [0, 0.1) is 11.8 Å². The predicted octanol–water partition coefficient (Wildman–Crippen LogP) is 4.76. The molecule has 0 saturated heterocycles. The molecule has 4 N–H and O–H groups in total. The summed E-state index contributed by atoms with van der Waals surface area (Å²) in [5.74, 6) is -4.18. The molecule has 0 radical (unpaired) electrons. The molecule has 2 aromatic rings. The number of halogens is 1. The second kappa shape index (κ2) is 11.2. The average Bonchev–Trinajstić information content (AvgIpc) is 2.81. The summed E-state index contributed by atoms with van der Waals surface area (Å²) in [6.07, 6.45) is 4.31. The van der Waals surface area contributed by atoms with Crippen LogP contribution < -0.4 is 10.6 Å². The molecule has 0 fully saturated rings. The first-order valence-electron chi connectivity index (χ1n) is 10.4. The highest BCUT2D eigenvalue weighted by molar-refractivity contribution is 8.00. The van der Waals surface area contributed by atoms with Crippen molar-refractivity contribution in [3.05, 3.63) is 65.2 Å². The van der Waals surface area contributed by atoms with Crippen molar-refractivity contribution in [1.29, 1.82) is 0 Å². The monoisotopic (exact) mass is 502 g/mol. The zero-order chi connectivity index (χ0) is 24.8. The van der Waals surface area contributed by atoms with Crippen LogP contribution >= 0.6 is 23.4 Å². The zero-order valence-corrected chi connectivity index (χ0v) is 19.7. The normalized spacial score (nSPS) is 18.1. The van der Waals surface area contributed by atoms with Gasteiger partial charge in [-0.3, -0.25) is 14.4 Å². The van der Waals surface area contributed by atoms with Crippen LogP contribution in [0.4, 0.5) is 11.4 Å². The number of carboxylic acids is 2. The number of thioether (sulfide) groups is 1. The molecule has 2 aromatic carbocycles. The van der Waals surface area contributed by atoms with Gasteiger partial charge in [-0.1, -0.05) is 23.8 Å². The first kappa shape index (κ1) is 25.3. The van der Waals surface area contributed by atoms with Gasteiger partial charge in [0.1, 0.15) is 0 Å². The standard InChI is InChI=1S/C24H23ClN2O6S/c1-13(21(28)27-20-12-14(23(30)31)6-11-19(20)25)34-16-9-7-15(8-10-16)26-22(29)17-4-2-3-5-18(17)24(32)33/h2-3,6-13,17-18H,4-5H2,1H3,(H,26,29)(H,27,28)(H,30,31)(H,32,33). The zero-order valence-electron chi connectivity index (χ0n) is 18.2. The molecule has 0 saturated carbocycles. The number of nitrogens with one attached hydrogen (secondary N) is 2. The number of carboxylic acid groups (broad SMARTS) is 2. The van der Waals surface area contributed by atoms with E-state index in [-0.39, 0.29) is 28.1 Å². The van der Waals surface area contributed by atoms with E-state index < -0.39 is 29.0 Å². The molecular formula is C24H23ClN2O6S. The Labute approximate surface area is 205 Å². The highest BCUT2D eigenvalue weighted by Crippen LogP contribution is 2.30. The first-order valence-corrected chi connectivity index (χ1v) is 11.7. The molecule has 0 heterocycles. The van der Waals surface area contributed by atoms with Gasteiger partial charge in [0.05, 0.1) is 33.4 Å². The molecule has 3 atom stereocenters. The molecule has 3 rings (SSSR count). The molecular weight excluding hydrogens is 480 g/mol. The van der Waals surface area contributed by atoms with E-state index in [2.05, 4.69) is 10.6 Å². The summed E-state index contributed by atoms with van der Waals surface area (Å²) in [7, 11) is 0. The third-order valence-electron chi connectivity index (χ3n) is 5.36. The number of benzene rings is 2. The largest absolute Gasteiger partial charge is 0.481 e. The maximum atomic E-state index is 12.6. The van der Waals surface area contributed by atoms with Gasteiger partial charge in [0, 0.05) is 10.6 Å². The number of allylic oxidation sites excluding steroid dienone is 2. The Hall–Kier alpha value is -3.30. The SMILES string of the molecule is CC(Sc1ccc(NC(=O)C2CC=CCC2C(=O)O)cc1)C(=O)Nc1cc(C(=O)O)ccc1Cl. The summed E-state index contributed by atoms with van der Waals surface area (Å²) in [6.45, 7) is 1.70. The summed E-state index contributed by atoms with van der Waals surface area (Å²) >= 11 is 7.34. The summed E-state index contributed by atoms with van der Waals surface area (Å²) in [6, 6.07) is 10.9. The Bertz CT molecular complexity index is 1130. The van der Waals surface area contributed by atoms with Crippen molar-refractivity contribution in [3.8, 4) is 0 Å². The number of aromatic carboxylic acids is 1. The molecule has 8 nitrogen and oxygen atoms in total. The number of anilines is 2. The highest BCUT2D eigenvalue weighted by atomic mass is 35.5. The number of hydrogen-bond acceptors (Lipinski definition) is 5. The van der Waals surface area contributed by atoms with Crippen LogP contribution in [-0.4, -0.2) is 39.2 Å². The van der Waals surface area contributed by atoms with E-state index in [0.717, 1.165) is 4.90 Å². The fraction of sp³-hybridized carbons (Fsp3) is 0.250. The van der Waals surface area contributed by atoms with Gasteiger partial charge in [0.2, 0.25) is 11.8 Å². The molecule has 0 spiro atoms. The minimum absolute atomic E-state index is 0.0107. The lowest BCUT2D eigenvalue weighted by Crippen LogP contribution is -2.34. The number of rotatable bonds is 8. The first-order chi connectivity index (χ1) is 16.2. The Morgan fingerprint density at radius 2 is 1.62 bits per heavy atom. The molecule has 0 bridgehead atoms. The molecule has 10 heteroatoms. The van der Waals surface area contributed by atoms with Crippen molar-refractivity contribution >= 4 is 58.5 Å². The lowest BCUT2D eigenvalue weighted by molar-refractivity contribution is -0.146. The minimum atomic E-state index is -1.12. The van der Waals surface area contributed by atoms with Crippen molar-refractivity contribution in [1.82, 2.24) is 0 Å². The Kier molecular flexibility index (Phi) is 8.36.